The molecule has 2 aliphatic rings. The van der Waals surface area contributed by atoms with Gasteiger partial charge in [-0.25, -0.2) is 4.90 Å². The number of methoxy groups -OCH3 is 1. The summed E-state index contributed by atoms with van der Waals surface area (Å²) in [5.41, 5.74) is 2.11. The van der Waals surface area contributed by atoms with E-state index in [4.69, 9.17) is 9.47 Å². The van der Waals surface area contributed by atoms with Gasteiger partial charge < -0.3 is 19.3 Å². The maximum atomic E-state index is 13.6. The molecule has 2 aromatic rings. The highest BCUT2D eigenvalue weighted by molar-refractivity contribution is 6.45. The lowest BCUT2D eigenvalue weighted by molar-refractivity contribution is -0.120. The summed E-state index contributed by atoms with van der Waals surface area (Å²) in [6, 6.07) is 14.4. The fourth-order valence-electron chi connectivity index (χ4n) is 3.97. The lowest BCUT2D eigenvalue weighted by Crippen LogP contribution is -2.46. The van der Waals surface area contributed by atoms with Gasteiger partial charge in [-0.05, 0) is 43.8 Å². The first-order valence-electron chi connectivity index (χ1n) is 10.5. The lowest BCUT2D eigenvalue weighted by atomic mass is 10.0. The van der Waals surface area contributed by atoms with Crippen molar-refractivity contribution in [3.05, 3.63) is 59.8 Å². The van der Waals surface area contributed by atoms with E-state index in [1.54, 1.807) is 37.4 Å². The molecule has 0 aliphatic carbocycles. The highest BCUT2D eigenvalue weighted by Gasteiger charge is 2.43. The number of carbonyl (C=O) groups excluding carboxylic acids is 2. The number of ether oxygens (including phenoxy) is 2. The Labute approximate surface area is 182 Å². The molecule has 7 heteroatoms. The fraction of sp³-hybridized carbons (Fsp3) is 0.333. The van der Waals surface area contributed by atoms with E-state index >= 15 is 0 Å². The van der Waals surface area contributed by atoms with E-state index in [-0.39, 0.29) is 11.8 Å². The third-order valence-electron chi connectivity index (χ3n) is 5.64. The van der Waals surface area contributed by atoms with Gasteiger partial charge in [-0.15, -0.1) is 0 Å². The molecule has 0 spiro atoms. The summed E-state index contributed by atoms with van der Waals surface area (Å²) in [6.07, 6.45) is 0. The van der Waals surface area contributed by atoms with Gasteiger partial charge >= 0.3 is 0 Å². The van der Waals surface area contributed by atoms with Crippen LogP contribution in [0.15, 0.2) is 54.2 Å². The second-order valence-electron chi connectivity index (χ2n) is 7.62. The van der Waals surface area contributed by atoms with Crippen molar-refractivity contribution in [2.24, 2.45) is 0 Å². The molecule has 2 amide bonds. The second kappa shape index (κ2) is 8.81. The number of rotatable bonds is 6. The average Bonchev–Trinajstić information content (AvgIpc) is 3.05. The summed E-state index contributed by atoms with van der Waals surface area (Å²) in [5, 5.41) is 0. The first-order chi connectivity index (χ1) is 15.0. The number of imide groups is 1. The first-order valence-corrected chi connectivity index (χ1v) is 10.5. The minimum Gasteiger partial charge on any atom is -0.497 e. The molecule has 7 nitrogen and oxygen atoms in total. The minimum atomic E-state index is -0.322. The molecule has 162 valence electrons. The Balaban J connectivity index is 1.77. The molecule has 0 N–H and O–H groups in total. The first kappa shape index (κ1) is 20.9. The molecule has 2 heterocycles. The van der Waals surface area contributed by atoms with E-state index < -0.39 is 0 Å². The van der Waals surface area contributed by atoms with E-state index in [0.717, 1.165) is 13.1 Å². The van der Waals surface area contributed by atoms with E-state index in [1.807, 2.05) is 30.0 Å². The molecule has 0 atom stereocenters. The average molecular weight is 421 g/mol. The summed E-state index contributed by atoms with van der Waals surface area (Å²) in [7, 11) is 3.66. The number of hydrogen-bond acceptors (Lipinski definition) is 6. The van der Waals surface area contributed by atoms with Crippen molar-refractivity contribution in [1.29, 1.82) is 0 Å². The molecule has 1 fully saturated rings. The predicted octanol–water partition coefficient (Wildman–Crippen LogP) is 2.63. The molecule has 0 aromatic heterocycles. The van der Waals surface area contributed by atoms with E-state index in [2.05, 4.69) is 11.9 Å². The molecular formula is C24H27N3O4. The number of nitrogens with zero attached hydrogens (tertiary/aromatic N) is 3. The Hall–Kier alpha value is -3.32. The fourth-order valence-corrected chi connectivity index (χ4v) is 3.97. The van der Waals surface area contributed by atoms with Crippen LogP contribution >= 0.6 is 0 Å². The zero-order chi connectivity index (χ0) is 22.0. The number of hydrogen-bond donors (Lipinski definition) is 0. The maximum Gasteiger partial charge on any atom is 0.282 e. The quantitative estimate of drug-likeness (QED) is 0.669. The lowest BCUT2D eigenvalue weighted by Gasteiger charge is -2.34. The van der Waals surface area contributed by atoms with E-state index in [1.165, 1.54) is 4.90 Å². The Morgan fingerprint density at radius 3 is 2.26 bits per heavy atom. The minimum absolute atomic E-state index is 0.297. The van der Waals surface area contributed by atoms with Crippen LogP contribution in [0.25, 0.3) is 5.57 Å². The standard InChI is InChI=1S/C24H27N3O4/c1-4-31-20-7-5-6-18(16-20)27-23(28)21(17-8-10-19(30-3)11-9-17)22(24(27)29)26-14-12-25(2)13-15-26/h5-11,16H,4,12-15H2,1-3H3. The van der Waals surface area contributed by atoms with Gasteiger partial charge in [0.25, 0.3) is 11.8 Å². The molecule has 0 bridgehead atoms. The summed E-state index contributed by atoms with van der Waals surface area (Å²) in [4.78, 5) is 32.7. The summed E-state index contributed by atoms with van der Waals surface area (Å²) in [6.45, 7) is 5.46. The van der Waals surface area contributed by atoms with Crippen LogP contribution in [0.2, 0.25) is 0 Å². The Bertz CT molecular complexity index is 1010. The van der Waals surface area contributed by atoms with Gasteiger partial charge in [0.1, 0.15) is 17.2 Å². The number of piperazine rings is 1. The van der Waals surface area contributed by atoms with Gasteiger partial charge in [0.2, 0.25) is 0 Å². The van der Waals surface area contributed by atoms with Crippen LogP contribution in [-0.2, 0) is 9.59 Å². The third-order valence-corrected chi connectivity index (χ3v) is 5.64. The molecule has 2 aromatic carbocycles. The normalized spacial score (nSPS) is 17.5. The predicted molar refractivity (Wildman–Crippen MR) is 119 cm³/mol. The summed E-state index contributed by atoms with van der Waals surface area (Å²) in [5.74, 6) is 0.704. The van der Waals surface area contributed by atoms with Gasteiger partial charge in [0, 0.05) is 32.2 Å². The molecule has 0 unspecified atom stereocenters. The van der Waals surface area contributed by atoms with Crippen LogP contribution in [-0.4, -0.2) is 68.6 Å². The highest BCUT2D eigenvalue weighted by Crippen LogP contribution is 2.36. The van der Waals surface area contributed by atoms with Crippen LogP contribution in [0.3, 0.4) is 0 Å². The van der Waals surface area contributed by atoms with Gasteiger partial charge in [-0.1, -0.05) is 18.2 Å². The van der Waals surface area contributed by atoms with Crippen LogP contribution in [0.4, 0.5) is 5.69 Å². The van der Waals surface area contributed by atoms with Crippen molar-refractivity contribution in [2.45, 2.75) is 6.92 Å². The van der Waals surface area contributed by atoms with E-state index in [0.29, 0.717) is 53.7 Å². The monoisotopic (exact) mass is 421 g/mol. The zero-order valence-corrected chi connectivity index (χ0v) is 18.1. The number of anilines is 1. The second-order valence-corrected chi connectivity index (χ2v) is 7.62. The summed E-state index contributed by atoms with van der Waals surface area (Å²) >= 11 is 0. The maximum absolute atomic E-state index is 13.6. The molecule has 2 aliphatic heterocycles. The van der Waals surface area contributed by atoms with Crippen molar-refractivity contribution in [3.63, 3.8) is 0 Å². The topological polar surface area (TPSA) is 62.3 Å². The Morgan fingerprint density at radius 2 is 1.61 bits per heavy atom. The Kier molecular flexibility index (Phi) is 5.95. The Morgan fingerprint density at radius 1 is 0.903 bits per heavy atom. The van der Waals surface area contributed by atoms with E-state index in [9.17, 15) is 9.59 Å². The van der Waals surface area contributed by atoms with Crippen molar-refractivity contribution >= 4 is 23.1 Å². The number of carbonyl (C=O) groups is 2. The highest BCUT2D eigenvalue weighted by atomic mass is 16.5. The van der Waals surface area contributed by atoms with Crippen LogP contribution < -0.4 is 14.4 Å². The van der Waals surface area contributed by atoms with Crippen LogP contribution in [0, 0.1) is 0 Å². The van der Waals surface area contributed by atoms with Crippen molar-refractivity contribution in [1.82, 2.24) is 9.80 Å². The number of amides is 2. The van der Waals surface area contributed by atoms with Gasteiger partial charge in [-0.3, -0.25) is 9.59 Å². The van der Waals surface area contributed by atoms with Crippen molar-refractivity contribution in [2.75, 3.05) is 51.8 Å². The van der Waals surface area contributed by atoms with Gasteiger partial charge in [0.15, 0.2) is 0 Å². The number of likely N-dealkylation sites (N-methyl/N-ethyl adjacent to an activating group) is 1. The van der Waals surface area contributed by atoms with Crippen LogP contribution in [0.5, 0.6) is 11.5 Å². The van der Waals surface area contributed by atoms with Crippen molar-refractivity contribution in [3.8, 4) is 11.5 Å². The van der Waals surface area contributed by atoms with Gasteiger partial charge in [0.05, 0.1) is 25.0 Å². The number of benzene rings is 2. The largest absolute Gasteiger partial charge is 0.497 e. The molecular weight excluding hydrogens is 394 g/mol. The SMILES string of the molecule is CCOc1cccc(N2C(=O)C(c3ccc(OC)cc3)=C(N3CCN(C)CC3)C2=O)c1. The molecule has 0 radical (unpaired) electrons. The van der Waals surface area contributed by atoms with Gasteiger partial charge in [-0.2, -0.15) is 0 Å². The molecule has 0 saturated carbocycles. The molecule has 31 heavy (non-hydrogen) atoms. The zero-order valence-electron chi connectivity index (χ0n) is 18.1. The molecule has 4 rings (SSSR count). The van der Waals surface area contributed by atoms with Crippen molar-refractivity contribution < 1.29 is 19.1 Å². The summed E-state index contributed by atoms with van der Waals surface area (Å²) < 4.78 is 10.8. The van der Waals surface area contributed by atoms with Crippen LogP contribution in [0.1, 0.15) is 12.5 Å². The smallest absolute Gasteiger partial charge is 0.282 e. The molecule has 1 saturated heterocycles. The third kappa shape index (κ3) is 4.01.